The second kappa shape index (κ2) is 5.27. The van der Waals surface area contributed by atoms with Crippen molar-refractivity contribution in [2.75, 3.05) is 12.3 Å². The van der Waals surface area contributed by atoms with Gasteiger partial charge in [0, 0.05) is 24.8 Å². The smallest absolute Gasteiger partial charge is 0.270 e. The lowest BCUT2D eigenvalue weighted by molar-refractivity contribution is 0.0689. The van der Waals surface area contributed by atoms with Crippen molar-refractivity contribution in [1.29, 1.82) is 0 Å². The zero-order chi connectivity index (χ0) is 14.2. The molecule has 2 heterocycles. The van der Waals surface area contributed by atoms with Gasteiger partial charge in [-0.3, -0.25) is 4.79 Å². The Labute approximate surface area is 115 Å². The van der Waals surface area contributed by atoms with Crippen molar-refractivity contribution in [3.05, 3.63) is 18.0 Å². The van der Waals surface area contributed by atoms with E-state index in [-0.39, 0.29) is 11.9 Å². The molecule has 1 unspecified atom stereocenters. The third-order valence-corrected chi connectivity index (χ3v) is 3.97. The summed E-state index contributed by atoms with van der Waals surface area (Å²) in [5.74, 6) is 0.632. The van der Waals surface area contributed by atoms with Gasteiger partial charge in [0.05, 0.1) is 5.69 Å². The fraction of sp³-hybridized carbons (Fsp3) is 0.667. The van der Waals surface area contributed by atoms with Crippen LogP contribution in [-0.4, -0.2) is 28.0 Å². The van der Waals surface area contributed by atoms with E-state index in [9.17, 15) is 4.79 Å². The Hall–Kier alpha value is -1.45. The van der Waals surface area contributed by atoms with Gasteiger partial charge >= 0.3 is 0 Å². The maximum Gasteiger partial charge on any atom is 0.270 e. The lowest BCUT2D eigenvalue weighted by atomic mass is 10.0. The van der Waals surface area contributed by atoms with Gasteiger partial charge in [0.25, 0.3) is 5.91 Å². The average molecular weight is 263 g/mol. The quantitative estimate of drug-likeness (QED) is 0.911. The topological polar surface area (TPSA) is 51.3 Å². The van der Waals surface area contributed by atoms with Gasteiger partial charge in [-0.2, -0.15) is 0 Å². The zero-order valence-electron chi connectivity index (χ0n) is 12.4. The summed E-state index contributed by atoms with van der Waals surface area (Å²) >= 11 is 0. The molecule has 2 rings (SSSR count). The minimum atomic E-state index is 0.126. The van der Waals surface area contributed by atoms with Crippen molar-refractivity contribution in [2.24, 2.45) is 5.92 Å². The Balaban J connectivity index is 2.29. The van der Waals surface area contributed by atoms with Crippen molar-refractivity contribution in [1.82, 2.24) is 9.47 Å². The van der Waals surface area contributed by atoms with Crippen LogP contribution in [0.15, 0.2) is 12.3 Å². The SMILES string of the molecule is CC(C)C1CCCN1C(=O)c1cc(N)cn1C(C)C. The number of amides is 1. The third kappa shape index (κ3) is 2.62. The second-order valence-corrected chi connectivity index (χ2v) is 6.11. The van der Waals surface area contributed by atoms with E-state index in [0.717, 1.165) is 25.1 Å². The van der Waals surface area contributed by atoms with Crippen molar-refractivity contribution in [3.8, 4) is 0 Å². The summed E-state index contributed by atoms with van der Waals surface area (Å²) in [6.07, 6.45) is 4.08. The molecular weight excluding hydrogens is 238 g/mol. The molecule has 1 aromatic heterocycles. The van der Waals surface area contributed by atoms with E-state index in [0.29, 0.717) is 17.6 Å². The van der Waals surface area contributed by atoms with Gasteiger partial charge in [-0.1, -0.05) is 13.8 Å². The molecule has 0 spiro atoms. The number of carbonyl (C=O) groups is 1. The van der Waals surface area contributed by atoms with E-state index in [4.69, 9.17) is 5.73 Å². The molecule has 0 bridgehead atoms. The molecule has 1 atom stereocenters. The Morgan fingerprint density at radius 2 is 2.05 bits per heavy atom. The maximum atomic E-state index is 12.7. The van der Waals surface area contributed by atoms with Crippen molar-refractivity contribution in [3.63, 3.8) is 0 Å². The minimum absolute atomic E-state index is 0.126. The summed E-state index contributed by atoms with van der Waals surface area (Å²) in [4.78, 5) is 14.8. The molecule has 2 N–H and O–H groups in total. The lowest BCUT2D eigenvalue weighted by Gasteiger charge is -2.28. The van der Waals surface area contributed by atoms with E-state index < -0.39 is 0 Å². The first-order chi connectivity index (χ1) is 8.91. The molecular formula is C15H25N3O. The van der Waals surface area contributed by atoms with Gasteiger partial charge in [0.2, 0.25) is 0 Å². The number of hydrogen-bond donors (Lipinski definition) is 1. The van der Waals surface area contributed by atoms with Gasteiger partial charge in [-0.15, -0.1) is 0 Å². The highest BCUT2D eigenvalue weighted by Crippen LogP contribution is 2.27. The molecule has 19 heavy (non-hydrogen) atoms. The van der Waals surface area contributed by atoms with Crippen LogP contribution in [0.4, 0.5) is 5.69 Å². The minimum Gasteiger partial charge on any atom is -0.397 e. The molecule has 1 aliphatic rings. The van der Waals surface area contributed by atoms with E-state index in [1.165, 1.54) is 0 Å². The van der Waals surface area contributed by atoms with Crippen molar-refractivity contribution in [2.45, 2.75) is 52.6 Å². The summed E-state index contributed by atoms with van der Waals surface area (Å²) in [5.41, 5.74) is 7.24. The van der Waals surface area contributed by atoms with E-state index in [1.807, 2.05) is 15.7 Å². The van der Waals surface area contributed by atoms with Crippen LogP contribution in [0, 0.1) is 5.92 Å². The largest absolute Gasteiger partial charge is 0.397 e. The van der Waals surface area contributed by atoms with Crippen LogP contribution in [0.3, 0.4) is 0 Å². The van der Waals surface area contributed by atoms with Crippen molar-refractivity contribution < 1.29 is 4.79 Å². The zero-order valence-corrected chi connectivity index (χ0v) is 12.4. The summed E-state index contributed by atoms with van der Waals surface area (Å²) in [5, 5.41) is 0. The first kappa shape index (κ1) is 14.0. The number of carbonyl (C=O) groups excluding carboxylic acids is 1. The number of hydrogen-bond acceptors (Lipinski definition) is 2. The molecule has 106 valence electrons. The normalized spacial score (nSPS) is 19.7. The van der Waals surface area contributed by atoms with E-state index >= 15 is 0 Å². The molecule has 1 aromatic rings. The molecule has 1 saturated heterocycles. The predicted octanol–water partition coefficient (Wildman–Crippen LogP) is 2.91. The Morgan fingerprint density at radius 1 is 1.37 bits per heavy atom. The second-order valence-electron chi connectivity index (χ2n) is 6.11. The van der Waals surface area contributed by atoms with Crippen LogP contribution < -0.4 is 5.73 Å². The molecule has 0 radical (unpaired) electrons. The summed E-state index contributed by atoms with van der Waals surface area (Å²) in [6, 6.07) is 2.42. The summed E-state index contributed by atoms with van der Waals surface area (Å²) in [6.45, 7) is 9.38. The van der Waals surface area contributed by atoms with Crippen LogP contribution in [-0.2, 0) is 0 Å². The monoisotopic (exact) mass is 263 g/mol. The van der Waals surface area contributed by atoms with E-state index in [1.54, 1.807) is 6.07 Å². The fourth-order valence-electron chi connectivity index (χ4n) is 2.98. The number of nitrogen functional groups attached to an aromatic ring is 1. The number of nitrogens with two attached hydrogens (primary N) is 1. The molecule has 4 nitrogen and oxygen atoms in total. The number of anilines is 1. The highest BCUT2D eigenvalue weighted by molar-refractivity contribution is 5.94. The fourth-order valence-corrected chi connectivity index (χ4v) is 2.98. The number of nitrogens with zero attached hydrogens (tertiary/aromatic N) is 2. The van der Waals surface area contributed by atoms with Gasteiger partial charge in [-0.25, -0.2) is 0 Å². The first-order valence-electron chi connectivity index (χ1n) is 7.20. The third-order valence-electron chi connectivity index (χ3n) is 3.97. The molecule has 0 aromatic carbocycles. The van der Waals surface area contributed by atoms with Crippen LogP contribution in [0.2, 0.25) is 0 Å². The standard InChI is InChI=1S/C15H25N3O/c1-10(2)13-6-5-7-17(13)15(19)14-8-12(16)9-18(14)11(3)4/h8-11,13H,5-7,16H2,1-4H3. The van der Waals surface area contributed by atoms with Crippen LogP contribution in [0.1, 0.15) is 57.1 Å². The maximum absolute atomic E-state index is 12.7. The van der Waals surface area contributed by atoms with Gasteiger partial charge in [0.1, 0.15) is 5.69 Å². The molecule has 0 aliphatic carbocycles. The van der Waals surface area contributed by atoms with Crippen molar-refractivity contribution >= 4 is 11.6 Å². The first-order valence-corrected chi connectivity index (χ1v) is 7.20. The highest BCUT2D eigenvalue weighted by Gasteiger charge is 2.32. The molecule has 4 heteroatoms. The Kier molecular flexibility index (Phi) is 3.88. The Morgan fingerprint density at radius 3 is 2.63 bits per heavy atom. The Bertz CT molecular complexity index is 462. The average Bonchev–Trinajstić information content (AvgIpc) is 2.93. The lowest BCUT2D eigenvalue weighted by Crippen LogP contribution is -2.39. The van der Waals surface area contributed by atoms with Gasteiger partial charge in [0.15, 0.2) is 0 Å². The van der Waals surface area contributed by atoms with Gasteiger partial charge in [-0.05, 0) is 38.7 Å². The van der Waals surface area contributed by atoms with Crippen LogP contribution >= 0.6 is 0 Å². The molecule has 1 aliphatic heterocycles. The molecule has 0 saturated carbocycles. The summed E-state index contributed by atoms with van der Waals surface area (Å²) < 4.78 is 1.98. The van der Waals surface area contributed by atoms with Gasteiger partial charge < -0.3 is 15.2 Å². The summed E-state index contributed by atoms with van der Waals surface area (Å²) in [7, 11) is 0. The molecule has 1 fully saturated rings. The number of likely N-dealkylation sites (tertiary alicyclic amines) is 1. The highest BCUT2D eigenvalue weighted by atomic mass is 16.2. The predicted molar refractivity (Wildman–Crippen MR) is 78.1 cm³/mol. The number of rotatable bonds is 3. The molecule has 1 amide bonds. The van der Waals surface area contributed by atoms with E-state index in [2.05, 4.69) is 27.7 Å². The van der Waals surface area contributed by atoms with Crippen LogP contribution in [0.25, 0.3) is 0 Å². The van der Waals surface area contributed by atoms with Crippen LogP contribution in [0.5, 0.6) is 0 Å². The number of aromatic nitrogens is 1.